The highest BCUT2D eigenvalue weighted by Crippen LogP contribution is 2.26. The molecule has 6 atom stereocenters. The molecule has 2 aliphatic rings. The number of aliphatic hydroxyl groups excluding tert-OH is 1. The molecule has 2 rings (SSSR count). The Morgan fingerprint density at radius 1 is 0.794 bits per heavy atom. The Labute approximate surface area is 201 Å². The van der Waals surface area contributed by atoms with Crippen molar-refractivity contribution in [1.82, 2.24) is 10.6 Å². The topological polar surface area (TPSA) is 123 Å². The molecule has 0 bridgehead atoms. The first-order valence-electron chi connectivity index (χ1n) is 11.1. The molecule has 9 nitrogen and oxygen atoms in total. The first kappa shape index (κ1) is 31.8. The Morgan fingerprint density at radius 3 is 1.59 bits per heavy atom. The van der Waals surface area contributed by atoms with Crippen LogP contribution in [0.5, 0.6) is 0 Å². The molecule has 34 heavy (non-hydrogen) atoms. The summed E-state index contributed by atoms with van der Waals surface area (Å²) in [7, 11) is 0. The van der Waals surface area contributed by atoms with E-state index in [1.807, 2.05) is 0 Å². The van der Waals surface area contributed by atoms with Crippen LogP contribution in [0.2, 0.25) is 0 Å². The van der Waals surface area contributed by atoms with E-state index in [2.05, 4.69) is 10.6 Å². The first-order valence-corrected chi connectivity index (χ1v) is 11.1. The van der Waals surface area contributed by atoms with Crippen molar-refractivity contribution in [3.63, 3.8) is 0 Å². The van der Waals surface area contributed by atoms with Crippen molar-refractivity contribution in [1.29, 1.82) is 0 Å². The number of nitrogens with one attached hydrogen (secondary N) is 2. The van der Waals surface area contributed by atoms with Gasteiger partial charge in [0.2, 0.25) is 0 Å². The summed E-state index contributed by atoms with van der Waals surface area (Å²) in [6.45, 7) is 11.7. The average Bonchev–Trinajstić information content (AvgIpc) is 3.04. The van der Waals surface area contributed by atoms with Crippen molar-refractivity contribution in [2.24, 2.45) is 0 Å². The lowest BCUT2D eigenvalue weighted by Crippen LogP contribution is -2.44. The highest BCUT2D eigenvalue weighted by Gasteiger charge is 2.38. The van der Waals surface area contributed by atoms with Crippen molar-refractivity contribution >= 4 is 18.2 Å². The van der Waals surface area contributed by atoms with E-state index in [1.54, 1.807) is 41.5 Å². The minimum absolute atomic E-state index is 0. The molecule has 2 amide bonds. The number of amides is 2. The third kappa shape index (κ3) is 12.9. The van der Waals surface area contributed by atoms with Gasteiger partial charge >= 0.3 is 18.2 Å². The summed E-state index contributed by atoms with van der Waals surface area (Å²) in [6.07, 6.45) is -4.30. The van der Waals surface area contributed by atoms with Crippen molar-refractivity contribution in [3.05, 3.63) is 0 Å². The fourth-order valence-corrected chi connectivity index (χ4v) is 3.46. The molecule has 2 fully saturated rings. The maximum absolute atomic E-state index is 13.3. The fourth-order valence-electron chi connectivity index (χ4n) is 3.46. The van der Waals surface area contributed by atoms with Crippen LogP contribution in [0.1, 0.15) is 81.6 Å². The Kier molecular flexibility index (Phi) is 12.2. The van der Waals surface area contributed by atoms with Crippen LogP contribution in [-0.2, 0) is 19.0 Å². The maximum Gasteiger partial charge on any atom is 0.408 e. The van der Waals surface area contributed by atoms with Gasteiger partial charge in [-0.2, -0.15) is 0 Å². The van der Waals surface area contributed by atoms with Gasteiger partial charge in [0.15, 0.2) is 0 Å². The smallest absolute Gasteiger partial charge is 0.408 e. The summed E-state index contributed by atoms with van der Waals surface area (Å²) in [5.74, 6) is -0.481. The number of alkyl carbamates (subject to hydrolysis) is 2. The average molecular weight is 497 g/mol. The Hall–Kier alpha value is -2.17. The van der Waals surface area contributed by atoms with E-state index in [9.17, 15) is 28.3 Å². The highest BCUT2D eigenvalue weighted by atomic mass is 19.1. The number of carbonyl (C=O) groups is 3. The number of carbonyl (C=O) groups excluding carboxylic acids is 3. The third-order valence-electron chi connectivity index (χ3n) is 4.64. The van der Waals surface area contributed by atoms with Gasteiger partial charge < -0.3 is 30.0 Å². The van der Waals surface area contributed by atoms with Crippen molar-refractivity contribution in [3.8, 4) is 0 Å². The van der Waals surface area contributed by atoms with Gasteiger partial charge in [-0.3, -0.25) is 4.79 Å². The van der Waals surface area contributed by atoms with Gasteiger partial charge in [-0.25, -0.2) is 18.4 Å². The van der Waals surface area contributed by atoms with Crippen LogP contribution in [0.25, 0.3) is 0 Å². The van der Waals surface area contributed by atoms with Gasteiger partial charge in [-0.05, 0) is 41.5 Å². The number of hydrogen-bond acceptors (Lipinski definition) is 7. The molecule has 0 heterocycles. The van der Waals surface area contributed by atoms with Crippen molar-refractivity contribution < 1.29 is 42.5 Å². The zero-order chi connectivity index (χ0) is 25.6. The molecule has 0 spiro atoms. The van der Waals surface area contributed by atoms with Gasteiger partial charge in [0.1, 0.15) is 29.6 Å². The van der Waals surface area contributed by atoms with Crippen LogP contribution in [0.4, 0.5) is 18.4 Å². The zero-order valence-corrected chi connectivity index (χ0v) is 20.4. The molecule has 0 aromatic rings. The minimum atomic E-state index is -1.07. The summed E-state index contributed by atoms with van der Waals surface area (Å²) in [6, 6.07) is -1.06. The van der Waals surface area contributed by atoms with Crippen LogP contribution >= 0.6 is 0 Å². The monoisotopic (exact) mass is 496 g/mol. The maximum atomic E-state index is 13.3. The van der Waals surface area contributed by atoms with Gasteiger partial charge in [-0.15, -0.1) is 0 Å². The molecule has 0 aromatic heterocycles. The molecule has 11 heteroatoms. The van der Waals surface area contributed by atoms with Crippen LogP contribution in [0, 0.1) is 0 Å². The number of ether oxygens (including phenoxy) is 3. The summed E-state index contributed by atoms with van der Waals surface area (Å²) < 4.78 is 41.2. The molecular formula is C23H42F2N2O7. The number of halogens is 2. The summed E-state index contributed by atoms with van der Waals surface area (Å²) in [5.41, 5.74) is -1.20. The van der Waals surface area contributed by atoms with Gasteiger partial charge in [-0.1, -0.05) is 7.43 Å². The summed E-state index contributed by atoms with van der Waals surface area (Å²) in [5, 5.41) is 14.4. The normalized spacial score (nSPS) is 28.5. The van der Waals surface area contributed by atoms with Crippen molar-refractivity contribution in [2.45, 2.75) is 129 Å². The molecule has 2 aliphatic carbocycles. The second kappa shape index (κ2) is 13.1. The van der Waals surface area contributed by atoms with Gasteiger partial charge in [0.25, 0.3) is 0 Å². The third-order valence-corrected chi connectivity index (χ3v) is 4.64. The zero-order valence-electron chi connectivity index (χ0n) is 20.4. The van der Waals surface area contributed by atoms with Crippen LogP contribution in [0.3, 0.4) is 0 Å². The lowest BCUT2D eigenvalue weighted by Gasteiger charge is -2.24. The molecule has 200 valence electrons. The lowest BCUT2D eigenvalue weighted by molar-refractivity contribution is -0.147. The summed E-state index contributed by atoms with van der Waals surface area (Å²) >= 11 is 0. The van der Waals surface area contributed by atoms with E-state index in [0.29, 0.717) is 0 Å². The van der Waals surface area contributed by atoms with E-state index in [1.165, 1.54) is 6.92 Å². The van der Waals surface area contributed by atoms with Crippen molar-refractivity contribution in [2.75, 3.05) is 0 Å². The molecule has 0 aromatic carbocycles. The molecule has 0 unspecified atom stereocenters. The fraction of sp³-hybridized carbons (Fsp3) is 0.870. The number of alkyl halides is 2. The standard InChI is InChI=1S/C12H20FNO4.C10H18FNO3.CH4/c1-7(15)17-10-6-8(13)5-9(10)14-11(16)18-12(2,3)4;1-10(2,3)15-9(14)12-7-4-6(11)5-8(7)13;/h8-10H,5-6H2,1-4H3,(H,14,16);6-8,13H,4-5H2,1-3H3,(H,12,14);1H4/t8-,9-,10-;6-,7-,8-;/m00./s1. The number of hydrogen-bond donors (Lipinski definition) is 3. The largest absolute Gasteiger partial charge is 0.460 e. The SMILES string of the molecule is C.CC(=O)O[C@H]1C[C@@H](F)C[C@@H]1NC(=O)OC(C)(C)C.CC(C)(C)OC(=O)N[C@H]1C[C@H](F)C[C@@H]1O. The number of rotatable bonds is 3. The molecule has 0 saturated heterocycles. The molecule has 2 saturated carbocycles. The van der Waals surface area contributed by atoms with E-state index in [0.717, 1.165) is 0 Å². The Bertz CT molecular complexity index is 679. The predicted octanol–water partition coefficient (Wildman–Crippen LogP) is 3.95. The van der Waals surface area contributed by atoms with E-state index in [4.69, 9.17) is 14.2 Å². The molecule has 3 N–H and O–H groups in total. The van der Waals surface area contributed by atoms with Gasteiger partial charge in [0.05, 0.1) is 18.2 Å². The Morgan fingerprint density at radius 2 is 1.21 bits per heavy atom. The highest BCUT2D eigenvalue weighted by molar-refractivity contribution is 5.69. The molecular weight excluding hydrogens is 454 g/mol. The number of aliphatic hydroxyl groups is 1. The van der Waals surface area contributed by atoms with Crippen LogP contribution in [-0.4, -0.2) is 71.1 Å². The second-order valence-corrected chi connectivity index (χ2v) is 10.4. The predicted molar refractivity (Wildman–Crippen MR) is 123 cm³/mol. The Balaban J connectivity index is 0.000000632. The van der Waals surface area contributed by atoms with E-state index < -0.39 is 66.0 Å². The molecule has 0 aliphatic heterocycles. The lowest BCUT2D eigenvalue weighted by atomic mass is 10.2. The van der Waals surface area contributed by atoms with Crippen LogP contribution < -0.4 is 10.6 Å². The first-order chi connectivity index (χ1) is 14.9. The van der Waals surface area contributed by atoms with Crippen LogP contribution in [0.15, 0.2) is 0 Å². The second-order valence-electron chi connectivity index (χ2n) is 10.4. The molecule has 0 radical (unpaired) electrons. The minimum Gasteiger partial charge on any atom is -0.460 e. The quantitative estimate of drug-likeness (QED) is 0.399. The number of esters is 1. The van der Waals surface area contributed by atoms with E-state index >= 15 is 0 Å². The summed E-state index contributed by atoms with van der Waals surface area (Å²) in [4.78, 5) is 33.7. The van der Waals surface area contributed by atoms with E-state index in [-0.39, 0.29) is 33.1 Å². The van der Waals surface area contributed by atoms with Gasteiger partial charge in [0, 0.05) is 32.6 Å².